The maximum absolute atomic E-state index is 12.0. The number of amides is 1. The van der Waals surface area contributed by atoms with Gasteiger partial charge in [-0.2, -0.15) is 0 Å². The summed E-state index contributed by atoms with van der Waals surface area (Å²) in [5.74, 6) is -1.38. The first-order valence-electron chi connectivity index (χ1n) is 6.48. The summed E-state index contributed by atoms with van der Waals surface area (Å²) in [4.78, 5) is 26.9. The summed E-state index contributed by atoms with van der Waals surface area (Å²) in [5, 5.41) is 11.8. The Balaban J connectivity index is 1.86. The first-order valence-corrected chi connectivity index (χ1v) is 6.48. The van der Waals surface area contributed by atoms with Crippen molar-refractivity contribution in [2.45, 2.75) is 32.7 Å². The first kappa shape index (κ1) is 13.5. The molecule has 0 spiro atoms. The topological polar surface area (TPSA) is 79.3 Å². The normalized spacial score (nSPS) is 22.2. The van der Waals surface area contributed by atoms with Gasteiger partial charge in [0.1, 0.15) is 0 Å². The number of carboxylic acids is 1. The fraction of sp³-hybridized carbons (Fsp3) is 0.500. The average molecular weight is 262 g/mol. The van der Waals surface area contributed by atoms with Crippen LogP contribution in [0, 0.1) is 18.8 Å². The Labute approximate surface area is 112 Å². The fourth-order valence-corrected chi connectivity index (χ4v) is 2.45. The number of rotatable bonds is 4. The molecular weight excluding hydrogens is 244 g/mol. The molecule has 1 saturated carbocycles. The monoisotopic (exact) mass is 262 g/mol. The van der Waals surface area contributed by atoms with Crippen molar-refractivity contribution in [3.8, 4) is 0 Å². The zero-order valence-corrected chi connectivity index (χ0v) is 10.9. The van der Waals surface area contributed by atoms with E-state index in [0.29, 0.717) is 25.8 Å². The molecular formula is C14H18N2O3. The number of nitrogens with one attached hydrogen (secondary N) is 1. The van der Waals surface area contributed by atoms with E-state index in [-0.39, 0.29) is 17.7 Å². The van der Waals surface area contributed by atoms with Gasteiger partial charge in [0.25, 0.3) is 0 Å². The molecule has 5 nitrogen and oxygen atoms in total. The van der Waals surface area contributed by atoms with E-state index in [1.807, 2.05) is 13.0 Å². The van der Waals surface area contributed by atoms with Gasteiger partial charge in [-0.3, -0.25) is 14.6 Å². The molecule has 102 valence electrons. The van der Waals surface area contributed by atoms with Crippen LogP contribution in [0.1, 0.15) is 30.4 Å². The van der Waals surface area contributed by atoms with Crippen LogP contribution >= 0.6 is 0 Å². The molecule has 2 rings (SSSR count). The minimum Gasteiger partial charge on any atom is -0.481 e. The van der Waals surface area contributed by atoms with Crippen LogP contribution in [0.15, 0.2) is 18.5 Å². The number of aliphatic carboxylic acids is 1. The third-order valence-corrected chi connectivity index (χ3v) is 3.75. The molecule has 2 N–H and O–H groups in total. The highest BCUT2D eigenvalue weighted by Gasteiger charge is 2.33. The van der Waals surface area contributed by atoms with Gasteiger partial charge >= 0.3 is 5.97 Å². The Morgan fingerprint density at radius 1 is 1.42 bits per heavy atom. The molecule has 5 heteroatoms. The summed E-state index contributed by atoms with van der Waals surface area (Å²) in [6.07, 6.45) is 5.17. The van der Waals surface area contributed by atoms with E-state index < -0.39 is 5.97 Å². The standard InChI is InChI=1S/C14H18N2O3/c1-9-4-5-15-7-12(9)8-16-13(17)10-2-3-11(6-10)14(18)19/h4-5,7,10-11H,2-3,6,8H2,1H3,(H,16,17)(H,18,19)/t10-,11+/m1/s1. The van der Waals surface area contributed by atoms with Crippen LogP contribution in [0.25, 0.3) is 0 Å². The quantitative estimate of drug-likeness (QED) is 0.862. The van der Waals surface area contributed by atoms with Gasteiger partial charge in [-0.25, -0.2) is 0 Å². The van der Waals surface area contributed by atoms with Crippen molar-refractivity contribution in [3.63, 3.8) is 0 Å². The SMILES string of the molecule is Cc1ccncc1CNC(=O)[C@@H]1CC[C@H](C(=O)O)C1. The molecule has 0 bridgehead atoms. The molecule has 1 amide bonds. The van der Waals surface area contributed by atoms with Gasteiger partial charge in [0.05, 0.1) is 5.92 Å². The summed E-state index contributed by atoms with van der Waals surface area (Å²) >= 11 is 0. The fourth-order valence-electron chi connectivity index (χ4n) is 2.45. The Morgan fingerprint density at radius 2 is 2.16 bits per heavy atom. The van der Waals surface area contributed by atoms with Gasteiger partial charge in [-0.15, -0.1) is 0 Å². The summed E-state index contributed by atoms with van der Waals surface area (Å²) < 4.78 is 0. The number of nitrogens with zero attached hydrogens (tertiary/aromatic N) is 1. The van der Waals surface area contributed by atoms with Crippen molar-refractivity contribution in [2.75, 3.05) is 0 Å². The van der Waals surface area contributed by atoms with E-state index in [1.165, 1.54) is 0 Å². The van der Waals surface area contributed by atoms with E-state index in [2.05, 4.69) is 10.3 Å². The molecule has 1 fully saturated rings. The molecule has 1 aromatic heterocycles. The van der Waals surface area contributed by atoms with E-state index in [9.17, 15) is 9.59 Å². The highest BCUT2D eigenvalue weighted by Crippen LogP contribution is 2.31. The molecule has 1 aliphatic rings. The van der Waals surface area contributed by atoms with E-state index in [4.69, 9.17) is 5.11 Å². The van der Waals surface area contributed by atoms with Crippen molar-refractivity contribution in [1.82, 2.24) is 10.3 Å². The largest absolute Gasteiger partial charge is 0.481 e. The number of hydrogen-bond acceptors (Lipinski definition) is 3. The second-order valence-corrected chi connectivity index (χ2v) is 5.07. The predicted octanol–water partition coefficient (Wildman–Crippen LogP) is 1.51. The third-order valence-electron chi connectivity index (χ3n) is 3.75. The van der Waals surface area contributed by atoms with Crippen molar-refractivity contribution in [3.05, 3.63) is 29.6 Å². The van der Waals surface area contributed by atoms with Crippen molar-refractivity contribution < 1.29 is 14.7 Å². The number of carbonyl (C=O) groups excluding carboxylic acids is 1. The zero-order valence-electron chi connectivity index (χ0n) is 10.9. The van der Waals surface area contributed by atoms with Crippen LogP contribution < -0.4 is 5.32 Å². The smallest absolute Gasteiger partial charge is 0.306 e. The number of aryl methyl sites for hydroxylation is 1. The average Bonchev–Trinajstić information content (AvgIpc) is 2.87. The van der Waals surface area contributed by atoms with E-state index in [1.54, 1.807) is 12.4 Å². The van der Waals surface area contributed by atoms with Crippen LogP contribution in [-0.2, 0) is 16.1 Å². The number of carbonyl (C=O) groups is 2. The lowest BCUT2D eigenvalue weighted by atomic mass is 10.0. The van der Waals surface area contributed by atoms with Crippen LogP contribution in [0.3, 0.4) is 0 Å². The summed E-state index contributed by atoms with van der Waals surface area (Å²) in [7, 11) is 0. The molecule has 2 atom stereocenters. The maximum Gasteiger partial charge on any atom is 0.306 e. The van der Waals surface area contributed by atoms with Crippen molar-refractivity contribution in [1.29, 1.82) is 0 Å². The molecule has 0 aliphatic heterocycles. The molecule has 1 heterocycles. The number of aromatic nitrogens is 1. The van der Waals surface area contributed by atoms with Gasteiger partial charge in [-0.1, -0.05) is 0 Å². The molecule has 19 heavy (non-hydrogen) atoms. The zero-order chi connectivity index (χ0) is 13.8. The van der Waals surface area contributed by atoms with Crippen molar-refractivity contribution >= 4 is 11.9 Å². The maximum atomic E-state index is 12.0. The molecule has 1 aromatic rings. The molecule has 1 aliphatic carbocycles. The first-order chi connectivity index (χ1) is 9.08. The highest BCUT2D eigenvalue weighted by atomic mass is 16.4. The van der Waals surface area contributed by atoms with Gasteiger partial charge < -0.3 is 10.4 Å². The molecule has 0 unspecified atom stereocenters. The lowest BCUT2D eigenvalue weighted by Crippen LogP contribution is -2.29. The Kier molecular flexibility index (Phi) is 4.14. The van der Waals surface area contributed by atoms with Crippen molar-refractivity contribution in [2.24, 2.45) is 11.8 Å². The number of hydrogen-bond donors (Lipinski definition) is 2. The Morgan fingerprint density at radius 3 is 2.79 bits per heavy atom. The minimum absolute atomic E-state index is 0.0491. The van der Waals surface area contributed by atoms with E-state index in [0.717, 1.165) is 11.1 Å². The second kappa shape index (κ2) is 5.82. The Hall–Kier alpha value is -1.91. The summed E-state index contributed by atoms with van der Waals surface area (Å²) in [5.41, 5.74) is 2.08. The minimum atomic E-state index is -0.793. The summed E-state index contributed by atoms with van der Waals surface area (Å²) in [6.45, 7) is 2.42. The van der Waals surface area contributed by atoms with Crippen LogP contribution in [0.2, 0.25) is 0 Å². The predicted molar refractivity (Wildman–Crippen MR) is 69.3 cm³/mol. The van der Waals surface area contributed by atoms with Crippen LogP contribution in [0.5, 0.6) is 0 Å². The summed E-state index contributed by atoms with van der Waals surface area (Å²) in [6, 6.07) is 1.90. The third kappa shape index (κ3) is 3.30. The number of carboxylic acid groups (broad SMARTS) is 1. The molecule has 0 radical (unpaired) electrons. The lowest BCUT2D eigenvalue weighted by molar-refractivity contribution is -0.141. The van der Waals surface area contributed by atoms with Gasteiger partial charge in [0, 0.05) is 24.9 Å². The number of pyridine rings is 1. The molecule has 0 saturated heterocycles. The van der Waals surface area contributed by atoms with Gasteiger partial charge in [0.2, 0.25) is 5.91 Å². The highest BCUT2D eigenvalue weighted by molar-refractivity contribution is 5.80. The molecule has 0 aromatic carbocycles. The Bertz CT molecular complexity index is 487. The van der Waals surface area contributed by atoms with Gasteiger partial charge in [-0.05, 0) is 43.4 Å². The second-order valence-electron chi connectivity index (χ2n) is 5.07. The van der Waals surface area contributed by atoms with Crippen LogP contribution in [0.4, 0.5) is 0 Å². The lowest BCUT2D eigenvalue weighted by Gasteiger charge is -2.11. The van der Waals surface area contributed by atoms with Gasteiger partial charge in [0.15, 0.2) is 0 Å². The van der Waals surface area contributed by atoms with E-state index >= 15 is 0 Å². The van der Waals surface area contributed by atoms with Crippen LogP contribution in [-0.4, -0.2) is 22.0 Å².